The van der Waals surface area contributed by atoms with E-state index >= 15 is 0 Å². The number of non-ortho nitro benzene ring substituents is 1. The van der Waals surface area contributed by atoms with Crippen molar-refractivity contribution in [3.05, 3.63) is 34.4 Å². The molecular weight excluding hydrogens is 268 g/mol. The van der Waals surface area contributed by atoms with Gasteiger partial charge in [0.1, 0.15) is 12.3 Å². The second kappa shape index (κ2) is 7.07. The maximum Gasteiger partial charge on any atom is 0.323 e. The van der Waals surface area contributed by atoms with Crippen LogP contribution in [0.4, 0.5) is 5.69 Å². The van der Waals surface area contributed by atoms with Gasteiger partial charge >= 0.3 is 5.97 Å². The molecule has 0 saturated heterocycles. The van der Waals surface area contributed by atoms with Crippen LogP contribution in [0, 0.1) is 10.1 Å². The van der Waals surface area contributed by atoms with Crippen LogP contribution < -0.4 is 4.74 Å². The zero-order valence-electron chi connectivity index (χ0n) is 10.8. The molecule has 1 aromatic rings. The molecule has 0 aliphatic heterocycles. The van der Waals surface area contributed by atoms with E-state index in [-0.39, 0.29) is 25.4 Å². The van der Waals surface area contributed by atoms with E-state index < -0.39 is 16.8 Å². The van der Waals surface area contributed by atoms with E-state index in [4.69, 9.17) is 9.84 Å². The van der Waals surface area contributed by atoms with Crippen LogP contribution in [-0.4, -0.2) is 46.5 Å². The summed E-state index contributed by atoms with van der Waals surface area (Å²) in [5, 5.41) is 19.1. The van der Waals surface area contributed by atoms with Crippen molar-refractivity contribution in [1.29, 1.82) is 0 Å². The summed E-state index contributed by atoms with van der Waals surface area (Å²) in [6.45, 7) is 1.21. The topological polar surface area (TPSA) is 110 Å². The summed E-state index contributed by atoms with van der Waals surface area (Å²) in [5.41, 5.74) is -0.0789. The van der Waals surface area contributed by atoms with Crippen LogP contribution in [0.3, 0.4) is 0 Å². The van der Waals surface area contributed by atoms with Crippen LogP contribution >= 0.6 is 0 Å². The number of carboxylic acids is 1. The SMILES string of the molecule is CCN(CC(=O)O)C(=O)COc1ccc([N+](=O)[O-])cc1. The minimum Gasteiger partial charge on any atom is -0.484 e. The predicted octanol–water partition coefficient (Wildman–Crippen LogP) is 0.907. The third-order valence-corrected chi connectivity index (χ3v) is 2.47. The summed E-state index contributed by atoms with van der Waals surface area (Å²) in [6.07, 6.45) is 0. The molecule has 0 aromatic heterocycles. The van der Waals surface area contributed by atoms with Gasteiger partial charge in [0, 0.05) is 18.7 Å². The third-order valence-electron chi connectivity index (χ3n) is 2.47. The fraction of sp³-hybridized carbons (Fsp3) is 0.333. The highest BCUT2D eigenvalue weighted by molar-refractivity contribution is 5.82. The smallest absolute Gasteiger partial charge is 0.323 e. The van der Waals surface area contributed by atoms with E-state index in [2.05, 4.69) is 0 Å². The van der Waals surface area contributed by atoms with Crippen molar-refractivity contribution in [3.63, 3.8) is 0 Å². The van der Waals surface area contributed by atoms with Crippen molar-refractivity contribution < 1.29 is 24.4 Å². The molecule has 1 amide bonds. The average Bonchev–Trinajstić information content (AvgIpc) is 2.42. The second-order valence-corrected chi connectivity index (χ2v) is 3.84. The number of hydrogen-bond acceptors (Lipinski definition) is 5. The summed E-state index contributed by atoms with van der Waals surface area (Å²) >= 11 is 0. The van der Waals surface area contributed by atoms with Crippen molar-refractivity contribution >= 4 is 17.6 Å². The number of carbonyl (C=O) groups excluding carboxylic acids is 1. The maximum atomic E-state index is 11.7. The minimum atomic E-state index is -1.10. The molecule has 0 heterocycles. The molecule has 0 bridgehead atoms. The molecule has 0 aliphatic carbocycles. The van der Waals surface area contributed by atoms with Gasteiger partial charge in [-0.2, -0.15) is 0 Å². The molecule has 8 heteroatoms. The Bertz CT molecular complexity index is 499. The quantitative estimate of drug-likeness (QED) is 0.587. The molecule has 0 spiro atoms. The molecule has 0 saturated carbocycles. The number of benzene rings is 1. The molecule has 0 unspecified atom stereocenters. The summed E-state index contributed by atoms with van der Waals surface area (Å²) < 4.78 is 5.16. The number of ether oxygens (including phenoxy) is 1. The number of hydrogen-bond donors (Lipinski definition) is 1. The lowest BCUT2D eigenvalue weighted by Gasteiger charge is -2.18. The standard InChI is InChI=1S/C12H14N2O6/c1-2-13(7-12(16)17)11(15)8-20-10-5-3-9(4-6-10)14(18)19/h3-6H,2,7-8H2,1H3,(H,16,17). The Labute approximate surface area is 114 Å². The molecule has 0 radical (unpaired) electrons. The van der Waals surface area contributed by atoms with Crippen molar-refractivity contribution in [2.24, 2.45) is 0 Å². The summed E-state index contributed by atoms with van der Waals surface area (Å²) in [7, 11) is 0. The van der Waals surface area contributed by atoms with Crippen LogP contribution in [0.2, 0.25) is 0 Å². The first-order valence-corrected chi connectivity index (χ1v) is 5.81. The van der Waals surface area contributed by atoms with Gasteiger partial charge in [-0.15, -0.1) is 0 Å². The third kappa shape index (κ3) is 4.56. The van der Waals surface area contributed by atoms with Gasteiger partial charge in [-0.1, -0.05) is 0 Å². The number of carbonyl (C=O) groups is 2. The molecule has 1 rings (SSSR count). The fourth-order valence-corrected chi connectivity index (χ4v) is 1.44. The predicted molar refractivity (Wildman–Crippen MR) is 68.5 cm³/mol. The van der Waals surface area contributed by atoms with Crippen molar-refractivity contribution in [2.45, 2.75) is 6.92 Å². The molecule has 20 heavy (non-hydrogen) atoms. The first kappa shape index (κ1) is 15.4. The number of nitrogens with zero attached hydrogens (tertiary/aromatic N) is 2. The molecule has 0 atom stereocenters. The summed E-state index contributed by atoms with van der Waals surface area (Å²) in [6, 6.07) is 5.26. The lowest BCUT2D eigenvalue weighted by atomic mass is 10.3. The first-order valence-electron chi connectivity index (χ1n) is 5.81. The number of nitro groups is 1. The van der Waals surface area contributed by atoms with Crippen LogP contribution in [0.5, 0.6) is 5.75 Å². The minimum absolute atomic E-state index is 0.0789. The molecule has 0 fully saturated rings. The Kier molecular flexibility index (Phi) is 5.45. The Hall–Kier alpha value is -2.64. The van der Waals surface area contributed by atoms with Crippen LogP contribution in [0.25, 0.3) is 0 Å². The van der Waals surface area contributed by atoms with E-state index in [1.165, 1.54) is 24.3 Å². The van der Waals surface area contributed by atoms with Gasteiger partial charge in [-0.05, 0) is 19.1 Å². The van der Waals surface area contributed by atoms with Crippen LogP contribution in [0.15, 0.2) is 24.3 Å². The highest BCUT2D eigenvalue weighted by Gasteiger charge is 2.15. The largest absolute Gasteiger partial charge is 0.484 e. The Balaban J connectivity index is 2.55. The van der Waals surface area contributed by atoms with E-state index in [0.29, 0.717) is 5.75 Å². The average molecular weight is 282 g/mol. The van der Waals surface area contributed by atoms with Gasteiger partial charge in [0.25, 0.3) is 11.6 Å². The van der Waals surface area contributed by atoms with Crippen molar-refractivity contribution in [2.75, 3.05) is 19.7 Å². The summed E-state index contributed by atoms with van der Waals surface area (Å²) in [4.78, 5) is 33.3. The zero-order chi connectivity index (χ0) is 15.1. The van der Waals surface area contributed by atoms with Crippen LogP contribution in [0.1, 0.15) is 6.92 Å². The highest BCUT2D eigenvalue weighted by Crippen LogP contribution is 2.17. The number of likely N-dealkylation sites (N-methyl/N-ethyl adjacent to an activating group) is 1. The second-order valence-electron chi connectivity index (χ2n) is 3.84. The zero-order valence-corrected chi connectivity index (χ0v) is 10.8. The van der Waals surface area contributed by atoms with Gasteiger partial charge in [0.15, 0.2) is 6.61 Å². The maximum absolute atomic E-state index is 11.7. The molecule has 1 aromatic carbocycles. The van der Waals surface area contributed by atoms with E-state index in [1.54, 1.807) is 6.92 Å². The number of carboxylic acid groups (broad SMARTS) is 1. The first-order chi connectivity index (χ1) is 9.43. The van der Waals surface area contributed by atoms with Crippen molar-refractivity contribution in [3.8, 4) is 5.75 Å². The van der Waals surface area contributed by atoms with E-state index in [9.17, 15) is 19.7 Å². The Morgan fingerprint density at radius 1 is 1.35 bits per heavy atom. The monoisotopic (exact) mass is 282 g/mol. The molecule has 0 aliphatic rings. The summed E-state index contributed by atoms with van der Waals surface area (Å²) in [5.74, 6) is -1.26. The fourth-order valence-electron chi connectivity index (χ4n) is 1.44. The number of rotatable bonds is 7. The van der Waals surface area contributed by atoms with Crippen LogP contribution in [-0.2, 0) is 9.59 Å². The van der Waals surface area contributed by atoms with Gasteiger partial charge in [-0.25, -0.2) is 0 Å². The van der Waals surface area contributed by atoms with E-state index in [0.717, 1.165) is 4.90 Å². The van der Waals surface area contributed by atoms with Gasteiger partial charge < -0.3 is 14.7 Å². The molecule has 108 valence electrons. The Morgan fingerprint density at radius 3 is 2.40 bits per heavy atom. The molecule has 8 nitrogen and oxygen atoms in total. The molecule has 1 N–H and O–H groups in total. The Morgan fingerprint density at radius 2 is 1.95 bits per heavy atom. The van der Waals surface area contributed by atoms with Crippen molar-refractivity contribution in [1.82, 2.24) is 4.90 Å². The number of nitro benzene ring substituents is 1. The lowest BCUT2D eigenvalue weighted by molar-refractivity contribution is -0.384. The number of amides is 1. The van der Waals surface area contributed by atoms with Gasteiger partial charge in [0.2, 0.25) is 0 Å². The normalized spacial score (nSPS) is 9.85. The van der Waals surface area contributed by atoms with Gasteiger partial charge in [0.05, 0.1) is 4.92 Å². The highest BCUT2D eigenvalue weighted by atomic mass is 16.6. The number of aliphatic carboxylic acids is 1. The molecular formula is C12H14N2O6. The van der Waals surface area contributed by atoms with E-state index in [1.807, 2.05) is 0 Å². The lowest BCUT2D eigenvalue weighted by Crippen LogP contribution is -2.38. The van der Waals surface area contributed by atoms with Gasteiger partial charge in [-0.3, -0.25) is 19.7 Å².